The first-order chi connectivity index (χ1) is 6.81. The van der Waals surface area contributed by atoms with Crippen molar-refractivity contribution < 1.29 is 4.79 Å². The molecule has 88 valence electrons. The summed E-state index contributed by atoms with van der Waals surface area (Å²) in [4.78, 5) is 15.0. The molecule has 3 N–H and O–H groups in total. The van der Waals surface area contributed by atoms with E-state index in [1.807, 2.05) is 0 Å². The van der Waals surface area contributed by atoms with Crippen LogP contribution >= 0.6 is 24.8 Å². The number of carbonyl (C=O) groups is 1. The zero-order chi connectivity index (χ0) is 9.97. The Morgan fingerprint density at radius 1 is 1.38 bits per heavy atom. The normalized spacial score (nSPS) is 12.9. The van der Waals surface area contributed by atoms with Crippen molar-refractivity contribution in [2.45, 2.75) is 0 Å². The van der Waals surface area contributed by atoms with Crippen LogP contribution in [-0.4, -0.2) is 25.2 Å². The second-order valence-corrected chi connectivity index (χ2v) is 3.12. The van der Waals surface area contributed by atoms with Gasteiger partial charge < -0.3 is 11.1 Å². The number of nitrogens with two attached hydrogens (primary N) is 1. The first kappa shape index (κ1) is 14.7. The molecule has 0 saturated heterocycles. The van der Waals surface area contributed by atoms with E-state index in [1.165, 1.54) is 0 Å². The number of nitrogen functional groups attached to an aromatic ring is 1. The number of nitrogens with zero attached hydrogens (tertiary/aromatic N) is 1. The summed E-state index contributed by atoms with van der Waals surface area (Å²) >= 11 is 0. The minimum atomic E-state index is 0. The summed E-state index contributed by atoms with van der Waals surface area (Å²) in [7, 11) is 0. The summed E-state index contributed by atoms with van der Waals surface area (Å²) in [6.07, 6.45) is 0.817. The molecule has 6 heteroatoms. The quantitative estimate of drug-likeness (QED) is 0.623. The number of hydrogen-bond donors (Lipinski definition) is 2. The Balaban J connectivity index is 0.00000112. The molecule has 0 unspecified atom stereocenters. The van der Waals surface area contributed by atoms with Crippen molar-refractivity contribution in [3.8, 4) is 0 Å². The van der Waals surface area contributed by atoms with E-state index in [-0.39, 0.29) is 24.8 Å². The fourth-order valence-corrected chi connectivity index (χ4v) is 1.46. The molecule has 4 nitrogen and oxygen atoms in total. The number of carbonyl (C=O) groups excluding carboxylic acids is 1. The maximum atomic E-state index is 10.8. The number of halogens is 2. The molecule has 0 atom stereocenters. The minimum Gasteiger partial charge on any atom is -0.399 e. The Bertz CT molecular complexity index is 407. The third-order valence-corrected chi connectivity index (χ3v) is 2.13. The lowest BCUT2D eigenvalue weighted by Crippen LogP contribution is -2.21. The molecule has 1 aliphatic rings. The van der Waals surface area contributed by atoms with Crippen molar-refractivity contribution >= 4 is 42.6 Å². The molecular formula is C10H13Cl2N3O. The summed E-state index contributed by atoms with van der Waals surface area (Å²) in [5.41, 5.74) is 7.70. The maximum absolute atomic E-state index is 10.8. The molecule has 0 amide bonds. The molecule has 1 heterocycles. The van der Waals surface area contributed by atoms with Crippen LogP contribution in [0.25, 0.3) is 0 Å². The van der Waals surface area contributed by atoms with Gasteiger partial charge in [-0.05, 0) is 18.2 Å². The fraction of sp³-hybridized carbons (Fsp3) is 0.200. The summed E-state index contributed by atoms with van der Waals surface area (Å²) in [5.74, 6) is 0.763. The van der Waals surface area contributed by atoms with E-state index in [0.29, 0.717) is 11.3 Å². The standard InChI is InChI=1S/C10H11N3O.2ClH/c11-8-2-1-7(6-14)9(5-8)10-12-3-4-13-10;;/h1-2,5-6H,3-4,11H2,(H,12,13);2*1H. The molecular weight excluding hydrogens is 249 g/mol. The highest BCUT2D eigenvalue weighted by atomic mass is 35.5. The summed E-state index contributed by atoms with van der Waals surface area (Å²) < 4.78 is 0. The van der Waals surface area contributed by atoms with Crippen LogP contribution in [-0.2, 0) is 0 Å². The van der Waals surface area contributed by atoms with Gasteiger partial charge in [-0.25, -0.2) is 0 Å². The highest BCUT2D eigenvalue weighted by Gasteiger charge is 2.12. The van der Waals surface area contributed by atoms with Gasteiger partial charge in [0.1, 0.15) is 5.84 Å². The first-order valence-electron chi connectivity index (χ1n) is 4.44. The zero-order valence-electron chi connectivity index (χ0n) is 8.47. The second kappa shape index (κ2) is 6.35. The number of aliphatic imine (C=N–C) groups is 1. The van der Waals surface area contributed by atoms with Gasteiger partial charge in [-0.3, -0.25) is 9.79 Å². The molecule has 1 aromatic carbocycles. The fourth-order valence-electron chi connectivity index (χ4n) is 1.46. The Labute approximate surface area is 106 Å². The minimum absolute atomic E-state index is 0. The third kappa shape index (κ3) is 2.87. The Morgan fingerprint density at radius 3 is 2.69 bits per heavy atom. The lowest BCUT2D eigenvalue weighted by molar-refractivity contribution is 0.112. The zero-order valence-corrected chi connectivity index (χ0v) is 10.1. The molecule has 1 aromatic rings. The number of hydrogen-bond acceptors (Lipinski definition) is 4. The molecule has 0 spiro atoms. The van der Waals surface area contributed by atoms with E-state index in [9.17, 15) is 4.79 Å². The van der Waals surface area contributed by atoms with Gasteiger partial charge in [0.05, 0.1) is 6.54 Å². The molecule has 2 rings (SSSR count). The van der Waals surface area contributed by atoms with E-state index < -0.39 is 0 Å². The van der Waals surface area contributed by atoms with E-state index in [4.69, 9.17) is 5.73 Å². The molecule has 0 radical (unpaired) electrons. The van der Waals surface area contributed by atoms with Crippen LogP contribution in [0.15, 0.2) is 23.2 Å². The predicted molar refractivity (Wildman–Crippen MR) is 70.1 cm³/mol. The largest absolute Gasteiger partial charge is 0.399 e. The Morgan fingerprint density at radius 2 is 2.12 bits per heavy atom. The van der Waals surface area contributed by atoms with Crippen LogP contribution in [0.2, 0.25) is 0 Å². The predicted octanol–water partition coefficient (Wildman–Crippen LogP) is 1.27. The van der Waals surface area contributed by atoms with Crippen LogP contribution in [0.1, 0.15) is 15.9 Å². The molecule has 0 aromatic heterocycles. The molecule has 16 heavy (non-hydrogen) atoms. The molecule has 0 bridgehead atoms. The number of anilines is 1. The molecule has 0 aliphatic carbocycles. The van der Waals surface area contributed by atoms with Gasteiger partial charge in [0, 0.05) is 23.4 Å². The van der Waals surface area contributed by atoms with E-state index in [1.54, 1.807) is 18.2 Å². The molecule has 0 fully saturated rings. The first-order valence-corrected chi connectivity index (χ1v) is 4.44. The highest BCUT2D eigenvalue weighted by molar-refractivity contribution is 6.06. The van der Waals surface area contributed by atoms with Crippen molar-refractivity contribution in [2.75, 3.05) is 18.8 Å². The summed E-state index contributed by atoms with van der Waals surface area (Å²) in [6, 6.07) is 5.18. The third-order valence-electron chi connectivity index (χ3n) is 2.13. The number of aldehydes is 1. The topological polar surface area (TPSA) is 67.5 Å². The van der Waals surface area contributed by atoms with Crippen LogP contribution in [0.5, 0.6) is 0 Å². The number of nitrogens with one attached hydrogen (secondary N) is 1. The van der Waals surface area contributed by atoms with Crippen molar-refractivity contribution in [3.05, 3.63) is 29.3 Å². The van der Waals surface area contributed by atoms with E-state index in [0.717, 1.165) is 30.8 Å². The van der Waals surface area contributed by atoms with Crippen LogP contribution in [0, 0.1) is 0 Å². The van der Waals surface area contributed by atoms with Crippen LogP contribution in [0.3, 0.4) is 0 Å². The Kier molecular flexibility index (Phi) is 5.85. The van der Waals surface area contributed by atoms with Crippen molar-refractivity contribution in [2.24, 2.45) is 4.99 Å². The Hall–Kier alpha value is -1.26. The van der Waals surface area contributed by atoms with Crippen molar-refractivity contribution in [3.63, 3.8) is 0 Å². The van der Waals surface area contributed by atoms with Gasteiger partial charge >= 0.3 is 0 Å². The van der Waals surface area contributed by atoms with Gasteiger partial charge in [-0.1, -0.05) is 0 Å². The average Bonchev–Trinajstić information content (AvgIpc) is 2.70. The highest BCUT2D eigenvalue weighted by Crippen LogP contribution is 2.13. The SMILES string of the molecule is Cl.Cl.Nc1ccc(C=O)c(C2=NCCN2)c1. The summed E-state index contributed by atoms with van der Waals surface area (Å²) in [5, 5.41) is 3.11. The van der Waals surface area contributed by atoms with Crippen LogP contribution in [0.4, 0.5) is 5.69 Å². The second-order valence-electron chi connectivity index (χ2n) is 3.12. The lowest BCUT2D eigenvalue weighted by atomic mass is 10.1. The van der Waals surface area contributed by atoms with E-state index in [2.05, 4.69) is 10.3 Å². The number of rotatable bonds is 2. The van der Waals surface area contributed by atoms with Gasteiger partial charge in [-0.15, -0.1) is 24.8 Å². The van der Waals surface area contributed by atoms with Gasteiger partial charge in [-0.2, -0.15) is 0 Å². The summed E-state index contributed by atoms with van der Waals surface area (Å²) in [6.45, 7) is 1.57. The lowest BCUT2D eigenvalue weighted by Gasteiger charge is -2.06. The van der Waals surface area contributed by atoms with Crippen LogP contribution < -0.4 is 11.1 Å². The average molecular weight is 262 g/mol. The molecule has 0 saturated carbocycles. The smallest absolute Gasteiger partial charge is 0.150 e. The number of benzene rings is 1. The van der Waals surface area contributed by atoms with Crippen molar-refractivity contribution in [1.82, 2.24) is 5.32 Å². The van der Waals surface area contributed by atoms with Gasteiger partial charge in [0.15, 0.2) is 6.29 Å². The van der Waals surface area contributed by atoms with Gasteiger partial charge in [0.2, 0.25) is 0 Å². The number of amidine groups is 1. The monoisotopic (exact) mass is 261 g/mol. The maximum Gasteiger partial charge on any atom is 0.150 e. The van der Waals surface area contributed by atoms with Gasteiger partial charge in [0.25, 0.3) is 0 Å². The van der Waals surface area contributed by atoms with E-state index >= 15 is 0 Å². The van der Waals surface area contributed by atoms with Crippen molar-refractivity contribution in [1.29, 1.82) is 0 Å². The molecule has 1 aliphatic heterocycles.